The van der Waals surface area contributed by atoms with E-state index in [4.69, 9.17) is 0 Å². The van der Waals surface area contributed by atoms with Gasteiger partial charge in [0.05, 0.1) is 5.69 Å². The number of rotatable bonds is 3. The maximum absolute atomic E-state index is 4.37. The zero-order valence-corrected chi connectivity index (χ0v) is 13.6. The minimum Gasteiger partial charge on any atom is -0.368 e. The summed E-state index contributed by atoms with van der Waals surface area (Å²) in [6, 6.07) is 10.0. The molecule has 4 heterocycles. The predicted octanol–water partition coefficient (Wildman–Crippen LogP) is 1.69. The molecule has 7 heteroatoms. The van der Waals surface area contributed by atoms with E-state index >= 15 is 0 Å². The molecule has 122 valence electrons. The molecule has 0 amide bonds. The molecule has 0 atom stereocenters. The molecule has 1 aliphatic heterocycles. The molecule has 0 spiro atoms. The van der Waals surface area contributed by atoms with Gasteiger partial charge in [0.2, 0.25) is 0 Å². The lowest BCUT2D eigenvalue weighted by molar-refractivity contribution is 0.642. The van der Waals surface area contributed by atoms with Crippen molar-refractivity contribution in [3.05, 3.63) is 54.6 Å². The Balaban J connectivity index is 1.42. The number of anilines is 2. The van der Waals surface area contributed by atoms with Gasteiger partial charge >= 0.3 is 0 Å². The van der Waals surface area contributed by atoms with Crippen molar-refractivity contribution >= 4 is 11.5 Å². The first kappa shape index (κ1) is 14.6. The third-order valence-electron chi connectivity index (χ3n) is 4.23. The topological polar surface area (TPSA) is 63.0 Å². The van der Waals surface area contributed by atoms with Crippen molar-refractivity contribution in [2.24, 2.45) is 0 Å². The van der Waals surface area contributed by atoms with Gasteiger partial charge in [-0.25, -0.2) is 4.68 Å². The van der Waals surface area contributed by atoms with Crippen LogP contribution in [0.3, 0.4) is 0 Å². The SMILES string of the molecule is Cc1ccn(-c2ccc(N3CCN(c4ccncc4)CC3)nn2)n1. The van der Waals surface area contributed by atoms with Crippen LogP contribution in [-0.4, -0.2) is 51.1 Å². The average Bonchev–Trinajstić information content (AvgIpc) is 3.09. The highest BCUT2D eigenvalue weighted by Gasteiger charge is 2.18. The normalized spacial score (nSPS) is 14.9. The first-order valence-corrected chi connectivity index (χ1v) is 8.06. The zero-order valence-electron chi connectivity index (χ0n) is 13.6. The average molecular weight is 321 g/mol. The molecule has 0 unspecified atom stereocenters. The Hall–Kier alpha value is -2.96. The predicted molar refractivity (Wildman–Crippen MR) is 92.6 cm³/mol. The van der Waals surface area contributed by atoms with Crippen molar-refractivity contribution in [1.29, 1.82) is 0 Å². The second kappa shape index (κ2) is 6.27. The number of pyridine rings is 1. The van der Waals surface area contributed by atoms with E-state index in [1.54, 1.807) is 4.68 Å². The molecule has 24 heavy (non-hydrogen) atoms. The van der Waals surface area contributed by atoms with E-state index in [-0.39, 0.29) is 0 Å². The minimum absolute atomic E-state index is 0.738. The van der Waals surface area contributed by atoms with Gasteiger partial charge in [-0.3, -0.25) is 4.98 Å². The zero-order chi connectivity index (χ0) is 16.4. The second-order valence-electron chi connectivity index (χ2n) is 5.83. The van der Waals surface area contributed by atoms with E-state index in [1.807, 2.05) is 43.7 Å². The molecule has 1 saturated heterocycles. The Kier molecular flexibility index (Phi) is 3.82. The van der Waals surface area contributed by atoms with Crippen molar-refractivity contribution in [3.8, 4) is 5.82 Å². The highest BCUT2D eigenvalue weighted by atomic mass is 15.4. The van der Waals surface area contributed by atoms with Crippen molar-refractivity contribution in [1.82, 2.24) is 25.0 Å². The number of aromatic nitrogens is 5. The van der Waals surface area contributed by atoms with Crippen LogP contribution in [0, 0.1) is 6.92 Å². The Morgan fingerprint density at radius 3 is 2.08 bits per heavy atom. The van der Waals surface area contributed by atoms with E-state index in [0.29, 0.717) is 0 Å². The number of nitrogens with zero attached hydrogens (tertiary/aromatic N) is 7. The summed E-state index contributed by atoms with van der Waals surface area (Å²) in [5.41, 5.74) is 2.19. The van der Waals surface area contributed by atoms with Crippen LogP contribution in [0.15, 0.2) is 48.9 Å². The Morgan fingerprint density at radius 2 is 1.46 bits per heavy atom. The maximum atomic E-state index is 4.37. The van der Waals surface area contributed by atoms with E-state index in [1.165, 1.54) is 5.69 Å². The largest absolute Gasteiger partial charge is 0.368 e. The van der Waals surface area contributed by atoms with Crippen LogP contribution in [0.4, 0.5) is 11.5 Å². The molecule has 0 radical (unpaired) electrons. The molecule has 0 N–H and O–H groups in total. The van der Waals surface area contributed by atoms with Gasteiger partial charge in [-0.05, 0) is 37.3 Å². The van der Waals surface area contributed by atoms with Gasteiger partial charge in [-0.2, -0.15) is 5.10 Å². The standard InChI is InChI=1S/C17H19N7/c1-14-6-9-24(21-14)17-3-2-16(19-20-17)23-12-10-22(11-13-23)15-4-7-18-8-5-15/h2-9H,10-13H2,1H3. The molecular weight excluding hydrogens is 302 g/mol. The van der Waals surface area contributed by atoms with Crippen LogP contribution in [0.2, 0.25) is 0 Å². The van der Waals surface area contributed by atoms with Crippen molar-refractivity contribution in [3.63, 3.8) is 0 Å². The summed E-state index contributed by atoms with van der Waals surface area (Å²) in [6.07, 6.45) is 5.57. The van der Waals surface area contributed by atoms with Crippen molar-refractivity contribution in [2.45, 2.75) is 6.92 Å². The smallest absolute Gasteiger partial charge is 0.175 e. The fourth-order valence-corrected chi connectivity index (χ4v) is 2.90. The number of hydrogen-bond acceptors (Lipinski definition) is 6. The Bertz CT molecular complexity index is 789. The third-order valence-corrected chi connectivity index (χ3v) is 4.23. The van der Waals surface area contributed by atoms with Crippen LogP contribution < -0.4 is 9.80 Å². The molecule has 3 aromatic rings. The molecule has 0 bridgehead atoms. The summed E-state index contributed by atoms with van der Waals surface area (Å²) in [5.74, 6) is 1.65. The number of piperazine rings is 1. The quantitative estimate of drug-likeness (QED) is 0.731. The summed E-state index contributed by atoms with van der Waals surface area (Å²) in [6.45, 7) is 5.74. The van der Waals surface area contributed by atoms with Gasteiger partial charge in [-0.15, -0.1) is 10.2 Å². The summed E-state index contributed by atoms with van der Waals surface area (Å²) < 4.78 is 1.74. The molecule has 1 aliphatic rings. The van der Waals surface area contributed by atoms with Gasteiger partial charge in [0, 0.05) is 50.5 Å². The van der Waals surface area contributed by atoms with E-state index < -0.39 is 0 Å². The van der Waals surface area contributed by atoms with Crippen LogP contribution in [-0.2, 0) is 0 Å². The monoisotopic (exact) mass is 321 g/mol. The summed E-state index contributed by atoms with van der Waals surface area (Å²) in [7, 11) is 0. The Morgan fingerprint density at radius 1 is 0.792 bits per heavy atom. The van der Waals surface area contributed by atoms with E-state index in [9.17, 15) is 0 Å². The van der Waals surface area contributed by atoms with Gasteiger partial charge in [0.25, 0.3) is 0 Å². The summed E-state index contributed by atoms with van der Waals surface area (Å²) in [5, 5.41) is 13.0. The number of hydrogen-bond donors (Lipinski definition) is 0. The van der Waals surface area contributed by atoms with Crippen LogP contribution in [0.5, 0.6) is 0 Å². The molecule has 0 saturated carbocycles. The fourth-order valence-electron chi connectivity index (χ4n) is 2.90. The van der Waals surface area contributed by atoms with Crippen LogP contribution in [0.25, 0.3) is 5.82 Å². The van der Waals surface area contributed by atoms with Crippen LogP contribution in [0.1, 0.15) is 5.69 Å². The highest BCUT2D eigenvalue weighted by Crippen LogP contribution is 2.18. The van der Waals surface area contributed by atoms with Crippen LogP contribution >= 0.6 is 0 Å². The van der Waals surface area contributed by atoms with Gasteiger partial charge in [-0.1, -0.05) is 0 Å². The molecule has 0 aliphatic carbocycles. The van der Waals surface area contributed by atoms with Crippen molar-refractivity contribution in [2.75, 3.05) is 36.0 Å². The van der Waals surface area contributed by atoms with Gasteiger partial charge in [0.15, 0.2) is 11.6 Å². The maximum Gasteiger partial charge on any atom is 0.175 e. The first-order valence-electron chi connectivity index (χ1n) is 8.06. The third kappa shape index (κ3) is 2.92. The lowest BCUT2D eigenvalue weighted by Crippen LogP contribution is -2.46. The Labute approximate surface area is 140 Å². The molecule has 3 aromatic heterocycles. The highest BCUT2D eigenvalue weighted by molar-refractivity contribution is 5.48. The molecule has 1 fully saturated rings. The van der Waals surface area contributed by atoms with Gasteiger partial charge < -0.3 is 9.80 Å². The van der Waals surface area contributed by atoms with Gasteiger partial charge in [0.1, 0.15) is 0 Å². The minimum atomic E-state index is 0.738. The lowest BCUT2D eigenvalue weighted by Gasteiger charge is -2.36. The fraction of sp³-hybridized carbons (Fsp3) is 0.294. The first-order chi connectivity index (χ1) is 11.8. The number of aryl methyl sites for hydroxylation is 1. The molecule has 0 aromatic carbocycles. The summed E-state index contributed by atoms with van der Waals surface area (Å²) >= 11 is 0. The second-order valence-corrected chi connectivity index (χ2v) is 5.83. The summed E-state index contributed by atoms with van der Waals surface area (Å²) in [4.78, 5) is 8.71. The molecular formula is C17H19N7. The molecule has 4 rings (SSSR count). The van der Waals surface area contributed by atoms with E-state index in [2.05, 4.69) is 42.2 Å². The molecule has 7 nitrogen and oxygen atoms in total. The lowest BCUT2D eigenvalue weighted by atomic mass is 10.2. The van der Waals surface area contributed by atoms with E-state index in [0.717, 1.165) is 43.5 Å². The van der Waals surface area contributed by atoms with Crippen molar-refractivity contribution < 1.29 is 0 Å².